The van der Waals surface area contributed by atoms with E-state index in [1.807, 2.05) is 6.07 Å². The second kappa shape index (κ2) is 6.06. The minimum Gasteiger partial charge on any atom is -0.368 e. The molecule has 0 aliphatic carbocycles. The van der Waals surface area contributed by atoms with Crippen LogP contribution in [-0.4, -0.2) is 69.2 Å². The number of carbonyl (C=O) groups is 1. The van der Waals surface area contributed by atoms with E-state index in [0.717, 1.165) is 31.9 Å². The van der Waals surface area contributed by atoms with Gasteiger partial charge in [0.15, 0.2) is 0 Å². The smallest absolute Gasteiger partial charge is 0.229 e. The molecular weight excluding hydrogens is 318 g/mol. The van der Waals surface area contributed by atoms with E-state index < -0.39 is 15.3 Å². The maximum absolute atomic E-state index is 12.0. The van der Waals surface area contributed by atoms with E-state index >= 15 is 0 Å². The number of likely N-dealkylation sites (N-methyl/N-ethyl adjacent to an activating group) is 1. The van der Waals surface area contributed by atoms with Gasteiger partial charge in [-0.3, -0.25) is 9.69 Å². The SMILES string of the molecule is CN1CCN(c2ccc(N3CC(S(N)(=O)=O)CC3=O)nc2)CC1. The molecule has 3 heterocycles. The van der Waals surface area contributed by atoms with E-state index in [1.54, 1.807) is 12.3 Å². The number of piperazine rings is 1. The summed E-state index contributed by atoms with van der Waals surface area (Å²) in [6, 6.07) is 3.68. The van der Waals surface area contributed by atoms with Crippen molar-refractivity contribution < 1.29 is 13.2 Å². The topological polar surface area (TPSA) is 99.8 Å². The van der Waals surface area contributed by atoms with E-state index in [9.17, 15) is 13.2 Å². The number of anilines is 2. The summed E-state index contributed by atoms with van der Waals surface area (Å²) in [4.78, 5) is 22.3. The van der Waals surface area contributed by atoms with Crippen LogP contribution in [0.25, 0.3) is 0 Å². The highest BCUT2D eigenvalue weighted by molar-refractivity contribution is 7.89. The highest BCUT2D eigenvalue weighted by atomic mass is 32.2. The van der Waals surface area contributed by atoms with Gasteiger partial charge in [-0.05, 0) is 19.2 Å². The van der Waals surface area contributed by atoms with Crippen LogP contribution in [-0.2, 0) is 14.8 Å². The van der Waals surface area contributed by atoms with Crippen LogP contribution < -0.4 is 14.9 Å². The summed E-state index contributed by atoms with van der Waals surface area (Å²) in [5.74, 6) is 0.211. The monoisotopic (exact) mass is 339 g/mol. The number of hydrogen-bond donors (Lipinski definition) is 1. The molecule has 23 heavy (non-hydrogen) atoms. The van der Waals surface area contributed by atoms with Crippen LogP contribution >= 0.6 is 0 Å². The Morgan fingerprint density at radius 1 is 1.22 bits per heavy atom. The molecule has 0 bridgehead atoms. The average molecular weight is 339 g/mol. The molecule has 1 atom stereocenters. The Labute approximate surface area is 135 Å². The molecule has 1 aromatic rings. The van der Waals surface area contributed by atoms with Gasteiger partial charge in [0, 0.05) is 39.1 Å². The highest BCUT2D eigenvalue weighted by Gasteiger charge is 2.37. The fraction of sp³-hybridized carbons (Fsp3) is 0.571. The first-order chi connectivity index (χ1) is 10.8. The molecule has 2 aliphatic heterocycles. The summed E-state index contributed by atoms with van der Waals surface area (Å²) in [6.45, 7) is 3.95. The maximum atomic E-state index is 12.0. The van der Waals surface area contributed by atoms with E-state index in [0.29, 0.717) is 5.82 Å². The standard InChI is InChI=1S/C14H21N5O3S/c1-17-4-6-18(7-5-17)11-2-3-13(16-9-11)19-10-12(8-14(19)20)23(15,21)22/h2-3,9,12H,4-8,10H2,1H3,(H2,15,21,22). The Balaban J connectivity index is 1.71. The summed E-state index contributed by atoms with van der Waals surface area (Å²) in [5.41, 5.74) is 1.01. The number of pyridine rings is 1. The van der Waals surface area contributed by atoms with E-state index in [4.69, 9.17) is 5.14 Å². The zero-order chi connectivity index (χ0) is 16.6. The molecule has 2 saturated heterocycles. The van der Waals surface area contributed by atoms with Crippen molar-refractivity contribution >= 4 is 27.4 Å². The zero-order valence-electron chi connectivity index (χ0n) is 13.1. The lowest BCUT2D eigenvalue weighted by molar-refractivity contribution is -0.117. The Bertz CT molecular complexity index is 683. The van der Waals surface area contributed by atoms with Crippen LogP contribution in [0.4, 0.5) is 11.5 Å². The highest BCUT2D eigenvalue weighted by Crippen LogP contribution is 2.24. The van der Waals surface area contributed by atoms with Crippen molar-refractivity contribution in [3.05, 3.63) is 18.3 Å². The number of amides is 1. The number of hydrogen-bond acceptors (Lipinski definition) is 6. The van der Waals surface area contributed by atoms with Gasteiger partial charge in [0.1, 0.15) is 11.1 Å². The van der Waals surface area contributed by atoms with Crippen molar-refractivity contribution in [2.45, 2.75) is 11.7 Å². The minimum absolute atomic E-state index is 0.0680. The van der Waals surface area contributed by atoms with E-state index in [1.165, 1.54) is 4.90 Å². The van der Waals surface area contributed by atoms with Gasteiger partial charge in [0.05, 0.1) is 11.9 Å². The maximum Gasteiger partial charge on any atom is 0.229 e. The van der Waals surface area contributed by atoms with E-state index in [-0.39, 0.29) is 18.9 Å². The normalized spacial score (nSPS) is 23.6. The fourth-order valence-corrected chi connectivity index (χ4v) is 3.64. The van der Waals surface area contributed by atoms with Crippen LogP contribution in [0.3, 0.4) is 0 Å². The summed E-state index contributed by atoms with van der Waals surface area (Å²) < 4.78 is 22.8. The predicted molar refractivity (Wildman–Crippen MR) is 87.8 cm³/mol. The molecule has 8 nitrogen and oxygen atoms in total. The number of carbonyl (C=O) groups excluding carboxylic acids is 1. The lowest BCUT2D eigenvalue weighted by Gasteiger charge is -2.33. The third-order valence-corrected chi connectivity index (χ3v) is 5.68. The Morgan fingerprint density at radius 3 is 2.43 bits per heavy atom. The van der Waals surface area contributed by atoms with Gasteiger partial charge in [0.2, 0.25) is 15.9 Å². The van der Waals surface area contributed by atoms with Crippen molar-refractivity contribution in [3.63, 3.8) is 0 Å². The summed E-state index contributed by atoms with van der Waals surface area (Å²) >= 11 is 0. The van der Waals surface area contributed by atoms with E-state index in [2.05, 4.69) is 21.8 Å². The molecule has 126 valence electrons. The largest absolute Gasteiger partial charge is 0.368 e. The Kier molecular flexibility index (Phi) is 4.26. The molecule has 2 fully saturated rings. The second-order valence-electron chi connectivity index (χ2n) is 6.08. The summed E-state index contributed by atoms with van der Waals surface area (Å²) in [7, 11) is -1.61. The summed E-state index contributed by atoms with van der Waals surface area (Å²) in [5, 5.41) is 4.29. The number of aromatic nitrogens is 1. The first-order valence-electron chi connectivity index (χ1n) is 7.56. The number of nitrogens with two attached hydrogens (primary N) is 1. The van der Waals surface area contributed by atoms with Crippen LogP contribution in [0.1, 0.15) is 6.42 Å². The van der Waals surface area contributed by atoms with Gasteiger partial charge in [-0.15, -0.1) is 0 Å². The molecule has 0 aromatic carbocycles. The molecule has 1 aromatic heterocycles. The second-order valence-corrected chi connectivity index (χ2v) is 7.93. The number of sulfonamides is 1. The van der Waals surface area contributed by atoms with Crippen molar-refractivity contribution in [1.82, 2.24) is 9.88 Å². The zero-order valence-corrected chi connectivity index (χ0v) is 13.9. The van der Waals surface area contributed by atoms with Crippen LogP contribution in [0.2, 0.25) is 0 Å². The minimum atomic E-state index is -3.71. The van der Waals surface area contributed by atoms with Crippen LogP contribution in [0.15, 0.2) is 18.3 Å². The number of nitrogens with zero attached hydrogens (tertiary/aromatic N) is 4. The summed E-state index contributed by atoms with van der Waals surface area (Å²) in [6.07, 6.45) is 1.65. The lowest BCUT2D eigenvalue weighted by Crippen LogP contribution is -2.44. The van der Waals surface area contributed by atoms with Crippen molar-refractivity contribution in [2.75, 3.05) is 49.6 Å². The molecule has 0 radical (unpaired) electrons. The molecule has 0 saturated carbocycles. The first-order valence-corrected chi connectivity index (χ1v) is 9.17. The predicted octanol–water partition coefficient (Wildman–Crippen LogP) is -0.773. The molecule has 1 amide bonds. The van der Waals surface area contributed by atoms with Gasteiger partial charge in [-0.2, -0.15) is 0 Å². The molecule has 9 heteroatoms. The molecule has 2 N–H and O–H groups in total. The van der Waals surface area contributed by atoms with Crippen LogP contribution in [0, 0.1) is 0 Å². The molecule has 2 aliphatic rings. The third-order valence-electron chi connectivity index (χ3n) is 4.43. The van der Waals surface area contributed by atoms with Gasteiger partial charge in [-0.1, -0.05) is 0 Å². The Hall–Kier alpha value is -1.71. The average Bonchev–Trinajstić information content (AvgIpc) is 2.90. The fourth-order valence-electron chi connectivity index (χ4n) is 2.91. The Morgan fingerprint density at radius 2 is 1.91 bits per heavy atom. The van der Waals surface area contributed by atoms with Gasteiger partial charge in [0.25, 0.3) is 0 Å². The quantitative estimate of drug-likeness (QED) is 0.776. The van der Waals surface area contributed by atoms with Gasteiger partial charge in [-0.25, -0.2) is 18.5 Å². The van der Waals surface area contributed by atoms with Crippen molar-refractivity contribution in [3.8, 4) is 0 Å². The third kappa shape index (κ3) is 3.46. The van der Waals surface area contributed by atoms with Crippen LogP contribution in [0.5, 0.6) is 0 Å². The van der Waals surface area contributed by atoms with Gasteiger partial charge < -0.3 is 9.80 Å². The van der Waals surface area contributed by atoms with Crippen molar-refractivity contribution in [2.24, 2.45) is 5.14 Å². The number of rotatable bonds is 3. The molecule has 1 unspecified atom stereocenters. The first kappa shape index (κ1) is 16.2. The van der Waals surface area contributed by atoms with Crippen molar-refractivity contribution in [1.29, 1.82) is 0 Å². The molecule has 3 rings (SSSR count). The number of primary sulfonamides is 1. The van der Waals surface area contributed by atoms with Gasteiger partial charge >= 0.3 is 0 Å². The molecule has 0 spiro atoms. The molecular formula is C14H21N5O3S. The lowest BCUT2D eigenvalue weighted by atomic mass is 10.3.